The van der Waals surface area contributed by atoms with E-state index in [2.05, 4.69) is 10.3 Å². The van der Waals surface area contributed by atoms with Gasteiger partial charge in [0.2, 0.25) is 5.91 Å². The summed E-state index contributed by atoms with van der Waals surface area (Å²) in [5, 5.41) is 3.94. The molecule has 8 heteroatoms. The highest BCUT2D eigenvalue weighted by atomic mass is 32.2. The molecule has 0 saturated carbocycles. The molecule has 3 aromatic rings. The zero-order chi connectivity index (χ0) is 19.5. The van der Waals surface area contributed by atoms with Crippen molar-refractivity contribution in [2.24, 2.45) is 0 Å². The Labute approximate surface area is 170 Å². The number of oxazole rings is 1. The second kappa shape index (κ2) is 8.36. The van der Waals surface area contributed by atoms with Crippen molar-refractivity contribution < 1.29 is 18.7 Å². The molecule has 0 saturated heterocycles. The van der Waals surface area contributed by atoms with E-state index in [0.29, 0.717) is 28.0 Å². The third-order valence-electron chi connectivity index (χ3n) is 4.50. The molecule has 0 unspecified atom stereocenters. The zero-order valence-corrected chi connectivity index (χ0v) is 17.1. The molecule has 6 nitrogen and oxygen atoms in total. The van der Waals surface area contributed by atoms with Crippen LogP contribution >= 0.6 is 23.1 Å². The van der Waals surface area contributed by atoms with Crippen molar-refractivity contribution in [3.05, 3.63) is 40.3 Å². The van der Waals surface area contributed by atoms with Gasteiger partial charge in [-0.1, -0.05) is 23.9 Å². The molecular weight excluding hydrogens is 396 g/mol. The van der Waals surface area contributed by atoms with Gasteiger partial charge in [-0.15, -0.1) is 11.3 Å². The number of thioether (sulfide) groups is 1. The number of rotatable bonds is 6. The number of thiophene rings is 1. The smallest absolute Gasteiger partial charge is 0.341 e. The second-order valence-corrected chi connectivity index (χ2v) is 8.45. The normalized spacial score (nSPS) is 13.3. The summed E-state index contributed by atoms with van der Waals surface area (Å²) >= 11 is 2.72. The maximum Gasteiger partial charge on any atom is 0.341 e. The van der Waals surface area contributed by atoms with Crippen molar-refractivity contribution in [1.82, 2.24) is 4.98 Å². The minimum absolute atomic E-state index is 0.150. The lowest BCUT2D eigenvalue weighted by Crippen LogP contribution is -2.17. The molecule has 0 radical (unpaired) electrons. The standard InChI is InChI=1S/C20H20N2O4S2/c1-2-25-19(24)17-12-7-3-6-10-15(12)28-18(17)22-16(23)11-27-20-21-13-8-4-5-9-14(13)26-20/h4-5,8-9H,2-3,6-7,10-11H2,1H3,(H,22,23). The second-order valence-electron chi connectivity index (χ2n) is 6.42. The van der Waals surface area contributed by atoms with Gasteiger partial charge in [0, 0.05) is 4.88 Å². The van der Waals surface area contributed by atoms with Crippen molar-refractivity contribution in [2.45, 2.75) is 37.8 Å². The number of anilines is 1. The van der Waals surface area contributed by atoms with Crippen molar-refractivity contribution in [1.29, 1.82) is 0 Å². The lowest BCUT2D eigenvalue weighted by Gasteiger charge is -2.12. The molecule has 1 N–H and O–H groups in total. The topological polar surface area (TPSA) is 81.4 Å². The van der Waals surface area contributed by atoms with Gasteiger partial charge >= 0.3 is 5.97 Å². The molecule has 1 aliphatic carbocycles. The summed E-state index contributed by atoms with van der Waals surface area (Å²) in [6.45, 7) is 2.09. The monoisotopic (exact) mass is 416 g/mol. The number of carbonyl (C=O) groups excluding carboxylic acids is 2. The number of ether oxygens (including phenoxy) is 1. The summed E-state index contributed by atoms with van der Waals surface area (Å²) in [4.78, 5) is 30.5. The van der Waals surface area contributed by atoms with E-state index in [0.717, 1.165) is 36.8 Å². The lowest BCUT2D eigenvalue weighted by atomic mass is 9.95. The van der Waals surface area contributed by atoms with E-state index in [4.69, 9.17) is 9.15 Å². The molecule has 146 valence electrons. The number of amides is 1. The van der Waals surface area contributed by atoms with Crippen molar-refractivity contribution in [3.63, 3.8) is 0 Å². The Morgan fingerprint density at radius 1 is 1.29 bits per heavy atom. The maximum absolute atomic E-state index is 12.5. The largest absolute Gasteiger partial charge is 0.462 e. The number of fused-ring (bicyclic) bond motifs is 2. The third-order valence-corrected chi connectivity index (χ3v) is 6.54. The number of nitrogens with one attached hydrogen (secondary N) is 1. The van der Waals surface area contributed by atoms with Crippen LogP contribution in [0.3, 0.4) is 0 Å². The Bertz CT molecular complexity index is 992. The predicted octanol–water partition coefficient (Wildman–Crippen LogP) is 4.68. The quantitative estimate of drug-likeness (QED) is 0.464. The molecule has 1 aromatic carbocycles. The molecular formula is C20H20N2O4S2. The van der Waals surface area contributed by atoms with Gasteiger partial charge in [-0.25, -0.2) is 9.78 Å². The Kier molecular flexibility index (Phi) is 5.68. The molecule has 0 aliphatic heterocycles. The van der Waals surface area contributed by atoms with Crippen LogP contribution in [0.4, 0.5) is 5.00 Å². The van der Waals surface area contributed by atoms with Gasteiger partial charge in [0.1, 0.15) is 10.5 Å². The number of hydrogen-bond donors (Lipinski definition) is 1. The van der Waals surface area contributed by atoms with Crippen LogP contribution in [0.2, 0.25) is 0 Å². The summed E-state index contributed by atoms with van der Waals surface area (Å²) in [6, 6.07) is 7.48. The first-order valence-corrected chi connectivity index (χ1v) is 11.1. The van der Waals surface area contributed by atoms with Gasteiger partial charge < -0.3 is 14.5 Å². The fraction of sp³-hybridized carbons (Fsp3) is 0.350. The van der Waals surface area contributed by atoms with Crippen LogP contribution in [0, 0.1) is 0 Å². The number of hydrogen-bond acceptors (Lipinski definition) is 7. The van der Waals surface area contributed by atoms with Crippen LogP contribution in [0.15, 0.2) is 33.9 Å². The number of esters is 1. The summed E-state index contributed by atoms with van der Waals surface area (Å²) in [7, 11) is 0. The van der Waals surface area contributed by atoms with E-state index in [1.54, 1.807) is 6.92 Å². The number of carbonyl (C=O) groups is 2. The van der Waals surface area contributed by atoms with E-state index >= 15 is 0 Å². The Morgan fingerprint density at radius 2 is 2.11 bits per heavy atom. The van der Waals surface area contributed by atoms with Gasteiger partial charge in [0.15, 0.2) is 5.58 Å². The van der Waals surface area contributed by atoms with Crippen LogP contribution in [0.1, 0.15) is 40.6 Å². The molecule has 1 aliphatic rings. The minimum atomic E-state index is -0.358. The zero-order valence-electron chi connectivity index (χ0n) is 15.4. The van der Waals surface area contributed by atoms with E-state index in [1.165, 1.54) is 28.0 Å². The molecule has 2 aromatic heterocycles. The highest BCUT2D eigenvalue weighted by Crippen LogP contribution is 2.38. The molecule has 2 heterocycles. The van der Waals surface area contributed by atoms with Crippen LogP contribution < -0.4 is 5.32 Å². The van der Waals surface area contributed by atoms with Crippen LogP contribution in [-0.4, -0.2) is 29.2 Å². The average Bonchev–Trinajstić information content (AvgIpc) is 3.27. The van der Waals surface area contributed by atoms with Crippen molar-refractivity contribution >= 4 is 51.1 Å². The lowest BCUT2D eigenvalue weighted by molar-refractivity contribution is -0.113. The van der Waals surface area contributed by atoms with Crippen LogP contribution in [-0.2, 0) is 22.4 Å². The fourth-order valence-corrected chi connectivity index (χ4v) is 5.21. The summed E-state index contributed by atoms with van der Waals surface area (Å²) in [6.07, 6.45) is 3.96. The highest BCUT2D eigenvalue weighted by molar-refractivity contribution is 7.99. The van der Waals surface area contributed by atoms with Crippen LogP contribution in [0.5, 0.6) is 0 Å². The molecule has 0 fully saturated rings. The Balaban J connectivity index is 1.47. The molecule has 4 rings (SSSR count). The Morgan fingerprint density at radius 3 is 2.93 bits per heavy atom. The summed E-state index contributed by atoms with van der Waals surface area (Å²) in [5.74, 6) is -0.405. The molecule has 0 atom stereocenters. The summed E-state index contributed by atoms with van der Waals surface area (Å²) < 4.78 is 10.9. The molecule has 0 spiro atoms. The number of benzene rings is 1. The number of aryl methyl sites for hydroxylation is 1. The third kappa shape index (κ3) is 3.93. The number of para-hydroxylation sites is 2. The first-order chi connectivity index (χ1) is 13.7. The van der Waals surface area contributed by atoms with Crippen molar-refractivity contribution in [2.75, 3.05) is 17.7 Å². The van der Waals surface area contributed by atoms with Gasteiger partial charge in [-0.05, 0) is 50.3 Å². The number of aromatic nitrogens is 1. The van der Waals surface area contributed by atoms with E-state index in [1.807, 2.05) is 24.3 Å². The molecule has 1 amide bonds. The van der Waals surface area contributed by atoms with Crippen molar-refractivity contribution in [3.8, 4) is 0 Å². The van der Waals surface area contributed by atoms with E-state index in [9.17, 15) is 9.59 Å². The van der Waals surface area contributed by atoms with E-state index in [-0.39, 0.29) is 17.6 Å². The first-order valence-electron chi connectivity index (χ1n) is 9.25. The van der Waals surface area contributed by atoms with Gasteiger partial charge in [0.25, 0.3) is 5.22 Å². The SMILES string of the molecule is CCOC(=O)c1c(NC(=O)CSc2nc3ccccc3o2)sc2c1CCCC2. The number of nitrogens with zero attached hydrogens (tertiary/aromatic N) is 1. The summed E-state index contributed by atoms with van der Waals surface area (Å²) in [5.41, 5.74) is 3.03. The van der Waals surface area contributed by atoms with Gasteiger partial charge in [-0.3, -0.25) is 4.79 Å². The minimum Gasteiger partial charge on any atom is -0.462 e. The van der Waals surface area contributed by atoms with Crippen LogP contribution in [0.25, 0.3) is 11.1 Å². The molecule has 28 heavy (non-hydrogen) atoms. The highest BCUT2D eigenvalue weighted by Gasteiger charge is 2.27. The predicted molar refractivity (Wildman–Crippen MR) is 110 cm³/mol. The first kappa shape index (κ1) is 19.0. The molecule has 0 bridgehead atoms. The Hall–Kier alpha value is -2.32. The fourth-order valence-electron chi connectivity index (χ4n) is 3.28. The maximum atomic E-state index is 12.5. The average molecular weight is 417 g/mol. The van der Waals surface area contributed by atoms with Gasteiger partial charge in [-0.2, -0.15) is 0 Å². The van der Waals surface area contributed by atoms with E-state index < -0.39 is 0 Å². The van der Waals surface area contributed by atoms with Gasteiger partial charge in [0.05, 0.1) is 17.9 Å².